The average molecular weight is 399 g/mol. The Labute approximate surface area is 171 Å². The van der Waals surface area contributed by atoms with Crippen molar-refractivity contribution in [2.75, 3.05) is 7.11 Å². The first-order chi connectivity index (χ1) is 13.8. The number of rotatable bonds is 3. The predicted octanol–water partition coefficient (Wildman–Crippen LogP) is 4.40. The third kappa shape index (κ3) is 3.43. The van der Waals surface area contributed by atoms with E-state index in [-0.39, 0.29) is 17.4 Å². The smallest absolute Gasteiger partial charge is 0.331 e. The Morgan fingerprint density at radius 3 is 2.55 bits per heavy atom. The number of carbonyl (C=O) groups excluding carboxylic acids is 2. The van der Waals surface area contributed by atoms with E-state index in [1.54, 1.807) is 7.11 Å². The van der Waals surface area contributed by atoms with E-state index in [1.165, 1.54) is 25.0 Å². The molecule has 2 fully saturated rings. The lowest BCUT2D eigenvalue weighted by Crippen LogP contribution is -2.42. The van der Waals surface area contributed by atoms with Crippen molar-refractivity contribution in [2.45, 2.75) is 65.2 Å². The summed E-state index contributed by atoms with van der Waals surface area (Å²) in [5.74, 6) is 2.03. The van der Waals surface area contributed by atoms with Gasteiger partial charge in [-0.25, -0.2) is 4.79 Å². The monoisotopic (exact) mass is 399 g/mol. The van der Waals surface area contributed by atoms with Crippen molar-refractivity contribution >= 4 is 17.7 Å². The van der Waals surface area contributed by atoms with E-state index in [9.17, 15) is 9.59 Å². The predicted molar refractivity (Wildman–Crippen MR) is 108 cm³/mol. The van der Waals surface area contributed by atoms with Crippen molar-refractivity contribution in [1.82, 2.24) is 0 Å². The molecular formula is C23H29NO5. The molecule has 0 amide bonds. The Hall–Kier alpha value is -2.37. The molecule has 1 aromatic rings. The summed E-state index contributed by atoms with van der Waals surface area (Å²) < 4.78 is 10.9. The van der Waals surface area contributed by atoms with Gasteiger partial charge in [0.1, 0.15) is 0 Å². The van der Waals surface area contributed by atoms with E-state index in [0.717, 1.165) is 44.2 Å². The molecule has 4 rings (SSSR count). The van der Waals surface area contributed by atoms with Gasteiger partial charge in [0.05, 0.1) is 12.8 Å². The molecule has 0 aliphatic heterocycles. The normalized spacial score (nSPS) is 31.4. The number of oxime groups is 1. The second kappa shape index (κ2) is 7.47. The largest absolute Gasteiger partial charge is 0.493 e. The molecule has 0 heterocycles. The third-order valence-electron chi connectivity index (χ3n) is 7.29. The maximum Gasteiger partial charge on any atom is 0.331 e. The summed E-state index contributed by atoms with van der Waals surface area (Å²) in [7, 11) is 1.61. The zero-order valence-electron chi connectivity index (χ0n) is 17.6. The van der Waals surface area contributed by atoms with Crippen molar-refractivity contribution in [3.05, 3.63) is 23.3 Å². The topological polar surface area (TPSA) is 74.2 Å². The zero-order valence-corrected chi connectivity index (χ0v) is 17.6. The summed E-state index contributed by atoms with van der Waals surface area (Å²) in [6, 6.07) is 4.07. The zero-order chi connectivity index (χ0) is 20.8. The van der Waals surface area contributed by atoms with Crippen LogP contribution in [0.4, 0.5) is 0 Å². The molecule has 0 saturated heterocycles. The molecule has 29 heavy (non-hydrogen) atoms. The molecule has 6 heteroatoms. The van der Waals surface area contributed by atoms with Crippen LogP contribution in [0.5, 0.6) is 11.5 Å². The van der Waals surface area contributed by atoms with Crippen LogP contribution in [0.1, 0.15) is 69.9 Å². The Kier molecular flexibility index (Phi) is 5.13. The highest BCUT2D eigenvalue weighted by molar-refractivity contribution is 5.92. The lowest BCUT2D eigenvalue weighted by atomic mass is 9.55. The van der Waals surface area contributed by atoms with E-state index < -0.39 is 0 Å². The molecule has 0 spiro atoms. The van der Waals surface area contributed by atoms with Crippen molar-refractivity contribution in [3.8, 4) is 11.5 Å². The third-order valence-corrected chi connectivity index (χ3v) is 7.29. The fourth-order valence-electron chi connectivity index (χ4n) is 6.03. The number of ether oxygens (including phenoxy) is 2. The maximum absolute atomic E-state index is 11.4. The fraction of sp³-hybridized carbons (Fsp3) is 0.609. The van der Waals surface area contributed by atoms with Crippen LogP contribution in [-0.4, -0.2) is 24.8 Å². The minimum atomic E-state index is -0.361. The number of benzene rings is 1. The number of nitrogens with zero attached hydrogens (tertiary/aromatic N) is 1. The number of methoxy groups -OCH3 is 1. The fourth-order valence-corrected chi connectivity index (χ4v) is 6.03. The van der Waals surface area contributed by atoms with Gasteiger partial charge in [-0.3, -0.25) is 4.79 Å². The van der Waals surface area contributed by atoms with Crippen LogP contribution >= 0.6 is 0 Å². The van der Waals surface area contributed by atoms with Crippen LogP contribution < -0.4 is 9.47 Å². The Balaban J connectivity index is 1.64. The average Bonchev–Trinajstić information content (AvgIpc) is 3.01. The van der Waals surface area contributed by atoms with Gasteiger partial charge >= 0.3 is 11.9 Å². The molecule has 2 saturated carbocycles. The van der Waals surface area contributed by atoms with Crippen molar-refractivity contribution in [3.63, 3.8) is 0 Å². The quantitative estimate of drug-likeness (QED) is 0.326. The Bertz CT molecular complexity index is 876. The first-order valence-electron chi connectivity index (χ1n) is 10.5. The second-order valence-electron chi connectivity index (χ2n) is 8.83. The van der Waals surface area contributed by atoms with Gasteiger partial charge < -0.3 is 14.3 Å². The highest BCUT2D eigenvalue weighted by atomic mass is 16.7. The van der Waals surface area contributed by atoms with Gasteiger partial charge in [-0.2, -0.15) is 0 Å². The van der Waals surface area contributed by atoms with E-state index in [1.807, 2.05) is 6.07 Å². The lowest BCUT2D eigenvalue weighted by Gasteiger charge is -2.49. The van der Waals surface area contributed by atoms with Crippen LogP contribution in [0.15, 0.2) is 17.3 Å². The number of hydrogen-bond donors (Lipinski definition) is 0. The molecule has 3 aliphatic rings. The first kappa shape index (κ1) is 19.9. The number of fused-ring (bicyclic) bond motifs is 5. The van der Waals surface area contributed by atoms with Crippen LogP contribution in [0.2, 0.25) is 0 Å². The highest BCUT2D eigenvalue weighted by Crippen LogP contribution is 2.60. The van der Waals surface area contributed by atoms with Crippen LogP contribution in [-0.2, 0) is 20.8 Å². The van der Waals surface area contributed by atoms with E-state index in [4.69, 9.17) is 14.3 Å². The minimum absolute atomic E-state index is 0.00981. The molecule has 3 aliphatic carbocycles. The van der Waals surface area contributed by atoms with Crippen LogP contribution in [0.25, 0.3) is 0 Å². The van der Waals surface area contributed by atoms with Gasteiger partial charge in [-0.15, -0.1) is 0 Å². The highest BCUT2D eigenvalue weighted by Gasteiger charge is 2.54. The summed E-state index contributed by atoms with van der Waals surface area (Å²) >= 11 is 0. The second-order valence-corrected chi connectivity index (χ2v) is 8.83. The summed E-state index contributed by atoms with van der Waals surface area (Å²) in [6.45, 7) is 5.10. The number of hydrogen-bond acceptors (Lipinski definition) is 6. The van der Waals surface area contributed by atoms with E-state index in [2.05, 4.69) is 18.1 Å². The maximum atomic E-state index is 11.4. The van der Waals surface area contributed by atoms with Gasteiger partial charge in [-0.1, -0.05) is 12.1 Å². The summed E-state index contributed by atoms with van der Waals surface area (Å²) in [6.07, 6.45) is 6.18. The van der Waals surface area contributed by atoms with Gasteiger partial charge in [0.2, 0.25) is 0 Å². The molecule has 0 bridgehead atoms. The van der Waals surface area contributed by atoms with Gasteiger partial charge in [0.15, 0.2) is 11.5 Å². The molecule has 3 unspecified atom stereocenters. The Morgan fingerprint density at radius 2 is 1.86 bits per heavy atom. The number of carbonyl (C=O) groups is 2. The molecule has 1 aromatic carbocycles. The minimum Gasteiger partial charge on any atom is -0.493 e. The molecule has 0 aromatic heterocycles. The molecule has 4 atom stereocenters. The van der Waals surface area contributed by atoms with E-state index in [0.29, 0.717) is 29.3 Å². The van der Waals surface area contributed by atoms with Crippen LogP contribution in [0, 0.1) is 17.3 Å². The van der Waals surface area contributed by atoms with Gasteiger partial charge in [0, 0.05) is 19.3 Å². The number of aryl methyl sites for hydroxylation is 1. The standard InChI is InChI=1S/C23H29NO5/c1-13(25)28-21-11-15-5-6-17-16(18(15)12-20(21)27-4)9-10-23(3)19(17)7-8-22(23)24-29-14(2)26/h11-12,16-17,19H,5-10H2,1-4H3/t16?,17?,19?,23-/m0/s1. The van der Waals surface area contributed by atoms with Crippen molar-refractivity contribution in [2.24, 2.45) is 22.4 Å². The van der Waals surface area contributed by atoms with Gasteiger partial charge in [0.25, 0.3) is 0 Å². The van der Waals surface area contributed by atoms with Crippen molar-refractivity contribution < 1.29 is 23.9 Å². The molecule has 6 nitrogen and oxygen atoms in total. The summed E-state index contributed by atoms with van der Waals surface area (Å²) in [5, 5.41) is 4.23. The Morgan fingerprint density at radius 1 is 1.07 bits per heavy atom. The molecule has 0 radical (unpaired) electrons. The number of esters is 1. The molecular weight excluding hydrogens is 370 g/mol. The lowest BCUT2D eigenvalue weighted by molar-refractivity contribution is -0.141. The summed E-state index contributed by atoms with van der Waals surface area (Å²) in [4.78, 5) is 27.7. The first-order valence-corrected chi connectivity index (χ1v) is 10.5. The van der Waals surface area contributed by atoms with Gasteiger partial charge in [-0.05, 0) is 79.5 Å². The van der Waals surface area contributed by atoms with E-state index >= 15 is 0 Å². The molecule has 0 N–H and O–H groups in total. The molecule has 156 valence electrons. The summed E-state index contributed by atoms with van der Waals surface area (Å²) in [5.41, 5.74) is 3.65. The SMILES string of the molecule is COc1cc2c(cc1OC(C)=O)CCC1C2CC[C@]2(C)C(=NOC(C)=O)CCC12. The van der Waals surface area contributed by atoms with Crippen LogP contribution in [0.3, 0.4) is 0 Å². The van der Waals surface area contributed by atoms with Crippen molar-refractivity contribution in [1.29, 1.82) is 0 Å².